The van der Waals surface area contributed by atoms with Crippen LogP contribution in [0.5, 0.6) is 0 Å². The van der Waals surface area contributed by atoms with Crippen LogP contribution >= 0.6 is 12.4 Å². The first-order valence-electron chi connectivity index (χ1n) is 8.58. The van der Waals surface area contributed by atoms with Crippen LogP contribution in [0, 0.1) is 0 Å². The van der Waals surface area contributed by atoms with E-state index in [-0.39, 0.29) is 37.4 Å². The first-order valence-corrected chi connectivity index (χ1v) is 8.58. The lowest BCUT2D eigenvalue weighted by atomic mass is 10.2. The second kappa shape index (κ2) is 9.70. The monoisotopic (exact) mass is 396 g/mol. The fraction of sp³-hybridized carbons (Fsp3) is 0.444. The molecule has 148 valence electrons. The van der Waals surface area contributed by atoms with Crippen molar-refractivity contribution >= 4 is 40.8 Å². The largest absolute Gasteiger partial charge is 0.383 e. The van der Waals surface area contributed by atoms with Gasteiger partial charge in [0, 0.05) is 43.0 Å². The number of nitrogens with one attached hydrogen (secondary N) is 1. The minimum atomic E-state index is -0.716. The average Bonchev–Trinajstić information content (AvgIpc) is 3.04. The Kier molecular flexibility index (Phi) is 7.61. The highest BCUT2D eigenvalue weighted by Crippen LogP contribution is 2.21. The number of halogens is 1. The molecule has 0 bridgehead atoms. The summed E-state index contributed by atoms with van der Waals surface area (Å²) in [7, 11) is 1.50. The number of carbonyl (C=O) groups excluding carboxylic acids is 2. The van der Waals surface area contributed by atoms with Crippen molar-refractivity contribution in [3.05, 3.63) is 30.5 Å². The number of fused-ring (bicyclic) bond motifs is 1. The van der Waals surface area contributed by atoms with Crippen molar-refractivity contribution in [1.29, 1.82) is 0 Å². The van der Waals surface area contributed by atoms with Crippen LogP contribution in [-0.4, -0.2) is 67.3 Å². The summed E-state index contributed by atoms with van der Waals surface area (Å²) < 4.78 is 12.1. The molecule has 1 saturated heterocycles. The molecule has 9 heteroatoms. The van der Waals surface area contributed by atoms with Gasteiger partial charge in [-0.15, -0.1) is 12.4 Å². The quantitative estimate of drug-likeness (QED) is 0.753. The molecule has 0 aliphatic carbocycles. The van der Waals surface area contributed by atoms with E-state index >= 15 is 0 Å². The number of hydrogen-bond donors (Lipinski definition) is 2. The maximum atomic E-state index is 12.4. The molecule has 3 rings (SSSR count). The number of carbonyl (C=O) groups is 2. The van der Waals surface area contributed by atoms with Gasteiger partial charge in [0.2, 0.25) is 11.8 Å². The van der Waals surface area contributed by atoms with Gasteiger partial charge in [0.05, 0.1) is 19.8 Å². The zero-order valence-corrected chi connectivity index (χ0v) is 16.0. The molecule has 0 spiro atoms. The summed E-state index contributed by atoms with van der Waals surface area (Å²) in [5.74, 6) is -0.221. The Hall–Kier alpha value is -2.13. The summed E-state index contributed by atoms with van der Waals surface area (Å²) in [4.78, 5) is 26.2. The number of nitrogens with two attached hydrogens (primary N) is 1. The molecule has 1 aromatic heterocycles. The summed E-state index contributed by atoms with van der Waals surface area (Å²) >= 11 is 0. The van der Waals surface area contributed by atoms with Gasteiger partial charge in [-0.05, 0) is 24.3 Å². The Balaban J connectivity index is 0.00000261. The van der Waals surface area contributed by atoms with Crippen molar-refractivity contribution in [1.82, 2.24) is 9.47 Å². The lowest BCUT2D eigenvalue weighted by Gasteiger charge is -2.27. The van der Waals surface area contributed by atoms with Crippen LogP contribution in [-0.2, 0) is 25.6 Å². The molecule has 1 fully saturated rings. The van der Waals surface area contributed by atoms with Gasteiger partial charge in [-0.3, -0.25) is 9.59 Å². The average molecular weight is 397 g/mol. The van der Waals surface area contributed by atoms with Gasteiger partial charge in [-0.25, -0.2) is 0 Å². The highest BCUT2D eigenvalue weighted by molar-refractivity contribution is 5.97. The molecule has 2 amide bonds. The van der Waals surface area contributed by atoms with Gasteiger partial charge >= 0.3 is 0 Å². The summed E-state index contributed by atoms with van der Waals surface area (Å²) in [6.45, 7) is 2.90. The molecule has 3 N–H and O–H groups in total. The fourth-order valence-electron chi connectivity index (χ4n) is 2.96. The molecule has 1 aliphatic heterocycles. The Morgan fingerprint density at radius 3 is 2.74 bits per heavy atom. The number of hydrogen-bond acceptors (Lipinski definition) is 5. The number of benzene rings is 1. The Morgan fingerprint density at radius 1 is 1.30 bits per heavy atom. The standard InChI is InChI=1S/C18H24N4O4.ClH/c1-25-12-15(19)18(24)20-14-2-3-16-13(10-14)4-5-22(16)11-17(23)21-6-8-26-9-7-21;/h2-5,10,15H,6-9,11-12,19H2,1H3,(H,20,24);1H. The number of methoxy groups -OCH3 is 1. The molecular weight excluding hydrogens is 372 g/mol. The molecule has 1 aliphatic rings. The molecule has 27 heavy (non-hydrogen) atoms. The van der Waals surface area contributed by atoms with E-state index in [0.29, 0.717) is 32.0 Å². The molecule has 1 atom stereocenters. The SMILES string of the molecule is COCC(N)C(=O)Nc1ccc2c(ccn2CC(=O)N2CCOCC2)c1.Cl. The zero-order chi connectivity index (χ0) is 18.5. The van der Waals surface area contributed by atoms with Crippen molar-refractivity contribution in [3.63, 3.8) is 0 Å². The van der Waals surface area contributed by atoms with E-state index in [2.05, 4.69) is 5.32 Å². The predicted molar refractivity (Wildman–Crippen MR) is 105 cm³/mol. The minimum absolute atomic E-state index is 0. The third kappa shape index (κ3) is 5.20. The van der Waals surface area contributed by atoms with Crippen LogP contribution in [0.15, 0.2) is 30.5 Å². The Bertz CT molecular complexity index is 789. The van der Waals surface area contributed by atoms with Crippen molar-refractivity contribution < 1.29 is 19.1 Å². The molecule has 1 aromatic carbocycles. The van der Waals surface area contributed by atoms with E-state index < -0.39 is 6.04 Å². The minimum Gasteiger partial charge on any atom is -0.383 e. The fourth-order valence-corrected chi connectivity index (χ4v) is 2.96. The van der Waals surface area contributed by atoms with E-state index in [0.717, 1.165) is 10.9 Å². The topological polar surface area (TPSA) is 98.8 Å². The molecule has 0 saturated carbocycles. The van der Waals surface area contributed by atoms with E-state index in [1.807, 2.05) is 33.9 Å². The van der Waals surface area contributed by atoms with Gasteiger partial charge in [0.15, 0.2) is 0 Å². The first-order chi connectivity index (χ1) is 12.6. The van der Waals surface area contributed by atoms with Crippen molar-refractivity contribution in [2.24, 2.45) is 5.73 Å². The molecule has 2 heterocycles. The number of anilines is 1. The maximum Gasteiger partial charge on any atom is 0.243 e. The maximum absolute atomic E-state index is 12.4. The zero-order valence-electron chi connectivity index (χ0n) is 15.2. The highest BCUT2D eigenvalue weighted by Gasteiger charge is 2.18. The van der Waals surface area contributed by atoms with Gasteiger partial charge in [-0.1, -0.05) is 0 Å². The van der Waals surface area contributed by atoms with Crippen LogP contribution in [0.25, 0.3) is 10.9 Å². The van der Waals surface area contributed by atoms with Crippen molar-refractivity contribution in [2.45, 2.75) is 12.6 Å². The third-order valence-corrected chi connectivity index (χ3v) is 4.39. The third-order valence-electron chi connectivity index (χ3n) is 4.39. The number of morpholine rings is 1. The number of amides is 2. The van der Waals surface area contributed by atoms with Gasteiger partial charge in [0.1, 0.15) is 12.6 Å². The van der Waals surface area contributed by atoms with Gasteiger partial charge < -0.3 is 30.0 Å². The molecule has 2 aromatic rings. The van der Waals surface area contributed by atoms with E-state index in [4.69, 9.17) is 15.2 Å². The summed E-state index contributed by atoms with van der Waals surface area (Å²) in [6.07, 6.45) is 1.88. The van der Waals surface area contributed by atoms with Crippen LogP contribution in [0.2, 0.25) is 0 Å². The van der Waals surface area contributed by atoms with Crippen LogP contribution in [0.3, 0.4) is 0 Å². The summed E-state index contributed by atoms with van der Waals surface area (Å²) in [6, 6.07) is 6.76. The summed E-state index contributed by atoms with van der Waals surface area (Å²) in [5, 5.41) is 3.72. The lowest BCUT2D eigenvalue weighted by molar-refractivity contribution is -0.135. The van der Waals surface area contributed by atoms with Crippen molar-refractivity contribution in [2.75, 3.05) is 45.3 Å². The van der Waals surface area contributed by atoms with Crippen molar-refractivity contribution in [3.8, 4) is 0 Å². The van der Waals surface area contributed by atoms with Crippen LogP contribution in [0.1, 0.15) is 0 Å². The predicted octanol–water partition coefficient (Wildman–Crippen LogP) is 0.834. The van der Waals surface area contributed by atoms with E-state index in [9.17, 15) is 9.59 Å². The lowest BCUT2D eigenvalue weighted by Crippen LogP contribution is -2.42. The highest BCUT2D eigenvalue weighted by atomic mass is 35.5. The second-order valence-corrected chi connectivity index (χ2v) is 6.26. The number of ether oxygens (including phenoxy) is 2. The second-order valence-electron chi connectivity index (χ2n) is 6.26. The van der Waals surface area contributed by atoms with Gasteiger partial charge in [-0.2, -0.15) is 0 Å². The smallest absolute Gasteiger partial charge is 0.243 e. The Morgan fingerprint density at radius 2 is 2.04 bits per heavy atom. The van der Waals surface area contributed by atoms with Gasteiger partial charge in [0.25, 0.3) is 0 Å². The number of nitrogens with zero attached hydrogens (tertiary/aromatic N) is 2. The Labute approximate surface area is 164 Å². The molecule has 1 unspecified atom stereocenters. The first kappa shape index (κ1) is 21.2. The van der Waals surface area contributed by atoms with Crippen LogP contribution < -0.4 is 11.1 Å². The number of rotatable bonds is 6. The summed E-state index contributed by atoms with van der Waals surface area (Å²) in [5.41, 5.74) is 7.32. The normalized spacial score (nSPS) is 15.3. The number of aromatic nitrogens is 1. The molecule has 0 radical (unpaired) electrons. The van der Waals surface area contributed by atoms with E-state index in [1.165, 1.54) is 7.11 Å². The molecule has 8 nitrogen and oxygen atoms in total. The van der Waals surface area contributed by atoms with E-state index in [1.54, 1.807) is 6.07 Å². The van der Waals surface area contributed by atoms with Crippen LogP contribution in [0.4, 0.5) is 5.69 Å². The molecular formula is C18H25ClN4O4.